The largest absolute Gasteiger partial charge is 0.351 e. The molecule has 1 unspecified atom stereocenters. The lowest BCUT2D eigenvalue weighted by Crippen LogP contribution is -2.41. The molecule has 0 spiro atoms. The number of aromatic nitrogens is 2. The van der Waals surface area contributed by atoms with E-state index >= 15 is 0 Å². The molecule has 0 aliphatic rings. The number of hydrogen-bond acceptors (Lipinski definition) is 6. The highest BCUT2D eigenvalue weighted by Gasteiger charge is 2.28. The van der Waals surface area contributed by atoms with Gasteiger partial charge in [-0.3, -0.25) is 10.5 Å². The van der Waals surface area contributed by atoms with Crippen LogP contribution in [0.2, 0.25) is 0 Å². The minimum atomic E-state index is -0.462. The molecular weight excluding hydrogens is 338 g/mol. The van der Waals surface area contributed by atoms with Crippen molar-refractivity contribution in [1.82, 2.24) is 20.1 Å². The Bertz CT molecular complexity index is 407. The molecule has 0 radical (unpaired) electrons. The Morgan fingerprint density at radius 3 is 2.48 bits per heavy atom. The Balaban J connectivity index is 2.99. The van der Waals surface area contributed by atoms with Gasteiger partial charge in [0, 0.05) is 19.8 Å². The minimum Gasteiger partial charge on any atom is -0.351 e. The van der Waals surface area contributed by atoms with E-state index < -0.39 is 6.29 Å². The number of halogens is 1. The van der Waals surface area contributed by atoms with E-state index in [1.54, 1.807) is 6.20 Å². The van der Waals surface area contributed by atoms with Crippen LogP contribution in [0.4, 0.5) is 0 Å². The molecule has 0 aliphatic heterocycles. The molecule has 1 atom stereocenters. The first-order valence-electron chi connectivity index (χ1n) is 7.10. The zero-order valence-corrected chi connectivity index (χ0v) is 14.8. The van der Waals surface area contributed by atoms with Crippen molar-refractivity contribution in [3.63, 3.8) is 0 Å². The van der Waals surface area contributed by atoms with Crippen LogP contribution in [0, 0.1) is 0 Å². The van der Waals surface area contributed by atoms with Crippen LogP contribution in [-0.4, -0.2) is 54.8 Å². The SMILES string of the molecule is CCOC(OCC)C(NN)c1c(Br)cnn1CCN(C)C. The first kappa shape index (κ1) is 18.5. The van der Waals surface area contributed by atoms with Crippen LogP contribution < -0.4 is 11.3 Å². The van der Waals surface area contributed by atoms with E-state index in [-0.39, 0.29) is 6.04 Å². The summed E-state index contributed by atoms with van der Waals surface area (Å²) in [6.07, 6.45) is 1.31. The summed E-state index contributed by atoms with van der Waals surface area (Å²) in [6.45, 7) is 6.60. The summed E-state index contributed by atoms with van der Waals surface area (Å²) in [5.74, 6) is 5.74. The van der Waals surface area contributed by atoms with E-state index in [9.17, 15) is 0 Å². The molecule has 3 N–H and O–H groups in total. The molecular formula is C13H26BrN5O2. The fourth-order valence-electron chi connectivity index (χ4n) is 2.01. The maximum Gasteiger partial charge on any atom is 0.179 e. The fraction of sp³-hybridized carbons (Fsp3) is 0.769. The maximum atomic E-state index is 5.74. The van der Waals surface area contributed by atoms with E-state index in [1.165, 1.54) is 0 Å². The van der Waals surface area contributed by atoms with Gasteiger partial charge in [-0.05, 0) is 43.9 Å². The quantitative estimate of drug-likeness (QED) is 0.368. The molecule has 21 heavy (non-hydrogen) atoms. The molecule has 0 fully saturated rings. The second-order valence-corrected chi connectivity index (χ2v) is 5.68. The first-order chi connectivity index (χ1) is 10.0. The predicted octanol–water partition coefficient (Wildman–Crippen LogP) is 1.11. The third-order valence-electron chi connectivity index (χ3n) is 3.00. The van der Waals surface area contributed by atoms with Gasteiger partial charge in [0.25, 0.3) is 0 Å². The smallest absolute Gasteiger partial charge is 0.179 e. The Kier molecular flexibility index (Phi) is 8.38. The van der Waals surface area contributed by atoms with Crippen molar-refractivity contribution in [2.45, 2.75) is 32.7 Å². The lowest BCUT2D eigenvalue weighted by Gasteiger charge is -2.27. The normalized spacial score (nSPS) is 13.3. The first-order valence-corrected chi connectivity index (χ1v) is 7.89. The molecule has 1 aromatic heterocycles. The number of likely N-dealkylation sites (N-methyl/N-ethyl adjacent to an activating group) is 1. The second kappa shape index (κ2) is 9.50. The summed E-state index contributed by atoms with van der Waals surface area (Å²) in [5.41, 5.74) is 3.71. The van der Waals surface area contributed by atoms with Gasteiger partial charge >= 0.3 is 0 Å². The summed E-state index contributed by atoms with van der Waals surface area (Å²) >= 11 is 3.53. The van der Waals surface area contributed by atoms with Gasteiger partial charge in [-0.1, -0.05) is 0 Å². The second-order valence-electron chi connectivity index (χ2n) is 4.83. The average Bonchev–Trinajstić information content (AvgIpc) is 2.80. The van der Waals surface area contributed by atoms with Crippen LogP contribution in [-0.2, 0) is 16.0 Å². The molecule has 0 bridgehead atoms. The zero-order valence-electron chi connectivity index (χ0n) is 13.2. The lowest BCUT2D eigenvalue weighted by atomic mass is 10.2. The van der Waals surface area contributed by atoms with Crippen molar-refractivity contribution in [1.29, 1.82) is 0 Å². The molecule has 1 rings (SSSR count). The van der Waals surface area contributed by atoms with E-state index in [0.29, 0.717) is 13.2 Å². The maximum absolute atomic E-state index is 5.74. The fourth-order valence-corrected chi connectivity index (χ4v) is 2.55. The van der Waals surface area contributed by atoms with Crippen molar-refractivity contribution in [3.05, 3.63) is 16.4 Å². The van der Waals surface area contributed by atoms with Gasteiger partial charge in [-0.2, -0.15) is 5.10 Å². The van der Waals surface area contributed by atoms with E-state index in [2.05, 4.69) is 31.4 Å². The van der Waals surface area contributed by atoms with Crippen molar-refractivity contribution in [2.75, 3.05) is 33.9 Å². The van der Waals surface area contributed by atoms with Crippen molar-refractivity contribution in [3.8, 4) is 0 Å². The summed E-state index contributed by atoms with van der Waals surface area (Å²) in [6, 6.07) is -0.302. The Morgan fingerprint density at radius 1 is 1.38 bits per heavy atom. The van der Waals surface area contributed by atoms with Gasteiger partial charge < -0.3 is 14.4 Å². The third kappa shape index (κ3) is 5.32. The lowest BCUT2D eigenvalue weighted by molar-refractivity contribution is -0.156. The molecule has 1 aromatic rings. The molecule has 0 aromatic carbocycles. The number of hydrogen-bond donors (Lipinski definition) is 2. The van der Waals surface area contributed by atoms with Crippen LogP contribution in [0.5, 0.6) is 0 Å². The highest BCUT2D eigenvalue weighted by molar-refractivity contribution is 9.10. The Labute approximate surface area is 134 Å². The molecule has 0 saturated carbocycles. The minimum absolute atomic E-state index is 0.302. The zero-order chi connectivity index (χ0) is 15.8. The number of ether oxygens (including phenoxy) is 2. The van der Waals surface area contributed by atoms with Gasteiger partial charge in [-0.15, -0.1) is 0 Å². The van der Waals surface area contributed by atoms with Crippen molar-refractivity contribution < 1.29 is 9.47 Å². The third-order valence-corrected chi connectivity index (χ3v) is 3.61. The standard InChI is InChI=1S/C13H26BrN5O2/c1-5-20-13(21-6-2)11(17-15)12-10(14)9-16-19(12)8-7-18(3)4/h9,11,13,17H,5-8,15H2,1-4H3. The molecule has 0 saturated heterocycles. The van der Waals surface area contributed by atoms with Crippen LogP contribution in [0.15, 0.2) is 10.7 Å². The van der Waals surface area contributed by atoms with Crippen LogP contribution in [0.25, 0.3) is 0 Å². The number of hydrazine groups is 1. The van der Waals surface area contributed by atoms with Crippen LogP contribution in [0.3, 0.4) is 0 Å². The number of nitrogens with two attached hydrogens (primary N) is 1. The molecule has 0 aliphatic carbocycles. The molecule has 7 nitrogen and oxygen atoms in total. The molecule has 122 valence electrons. The van der Waals surface area contributed by atoms with Crippen molar-refractivity contribution in [2.24, 2.45) is 5.84 Å². The number of nitrogens with zero attached hydrogens (tertiary/aromatic N) is 3. The topological polar surface area (TPSA) is 77.6 Å². The molecule has 1 heterocycles. The van der Waals surface area contributed by atoms with Crippen molar-refractivity contribution >= 4 is 15.9 Å². The molecule has 8 heteroatoms. The van der Waals surface area contributed by atoms with E-state index in [0.717, 1.165) is 23.3 Å². The van der Waals surface area contributed by atoms with Gasteiger partial charge in [0.15, 0.2) is 6.29 Å². The van der Waals surface area contributed by atoms with Gasteiger partial charge in [0.1, 0.15) is 6.04 Å². The average molecular weight is 364 g/mol. The highest BCUT2D eigenvalue weighted by Crippen LogP contribution is 2.27. The van der Waals surface area contributed by atoms with Crippen LogP contribution in [0.1, 0.15) is 25.6 Å². The Hall–Kier alpha value is -0.510. The number of nitrogens with one attached hydrogen (secondary N) is 1. The van der Waals surface area contributed by atoms with E-state index in [4.69, 9.17) is 15.3 Å². The number of rotatable bonds is 10. The highest BCUT2D eigenvalue weighted by atomic mass is 79.9. The van der Waals surface area contributed by atoms with Gasteiger partial charge in [-0.25, -0.2) is 5.43 Å². The molecule has 0 amide bonds. The predicted molar refractivity (Wildman–Crippen MR) is 85.6 cm³/mol. The van der Waals surface area contributed by atoms with E-state index in [1.807, 2.05) is 32.6 Å². The summed E-state index contributed by atoms with van der Waals surface area (Å²) in [7, 11) is 4.06. The van der Waals surface area contributed by atoms with Gasteiger partial charge in [0.05, 0.1) is 22.9 Å². The monoisotopic (exact) mass is 363 g/mol. The van der Waals surface area contributed by atoms with Gasteiger partial charge in [0.2, 0.25) is 0 Å². The summed E-state index contributed by atoms with van der Waals surface area (Å²) < 4.78 is 14.1. The van der Waals surface area contributed by atoms with Crippen LogP contribution >= 0.6 is 15.9 Å². The Morgan fingerprint density at radius 2 is 2.00 bits per heavy atom. The summed E-state index contributed by atoms with van der Waals surface area (Å²) in [4.78, 5) is 2.10. The summed E-state index contributed by atoms with van der Waals surface area (Å²) in [5, 5.41) is 4.40.